The number of halogens is 6. The Morgan fingerprint density at radius 1 is 1.22 bits per heavy atom. The summed E-state index contributed by atoms with van der Waals surface area (Å²) in [5, 5.41) is 3.11. The Kier molecular flexibility index (Phi) is 9.20. The average molecular weight is 379 g/mol. The monoisotopic (exact) mass is 378 g/mol. The van der Waals surface area contributed by atoms with Crippen molar-refractivity contribution in [3.8, 4) is 5.75 Å². The van der Waals surface area contributed by atoms with Crippen molar-refractivity contribution in [1.29, 1.82) is 0 Å². The molecule has 2 rings (SSSR count). The summed E-state index contributed by atoms with van der Waals surface area (Å²) in [6.07, 6.45) is -5.24. The molecule has 1 saturated heterocycles. The highest BCUT2D eigenvalue weighted by molar-refractivity contribution is 5.85. The van der Waals surface area contributed by atoms with Crippen LogP contribution in [0.3, 0.4) is 0 Å². The van der Waals surface area contributed by atoms with Crippen LogP contribution in [0, 0.1) is 5.82 Å². The Bertz CT molecular complexity index is 482. The van der Waals surface area contributed by atoms with Crippen molar-refractivity contribution in [2.45, 2.75) is 18.6 Å². The second kappa shape index (κ2) is 9.52. The molecule has 23 heavy (non-hydrogen) atoms. The fourth-order valence-corrected chi connectivity index (χ4v) is 2.55. The molecule has 0 unspecified atom stereocenters. The average Bonchev–Trinajstić information content (AvgIpc) is 2.45. The lowest BCUT2D eigenvalue weighted by Gasteiger charge is -2.35. The van der Waals surface area contributed by atoms with Gasteiger partial charge in [0.2, 0.25) is 0 Å². The molecule has 0 radical (unpaired) electrons. The lowest BCUT2D eigenvalue weighted by atomic mass is 10.0. The zero-order chi connectivity index (χ0) is 15.5. The van der Waals surface area contributed by atoms with Crippen LogP contribution in [0.4, 0.5) is 17.6 Å². The Hall–Kier alpha value is -0.760. The Morgan fingerprint density at radius 3 is 2.35 bits per heavy atom. The second-order valence-electron chi connectivity index (χ2n) is 5.02. The molecule has 9 heteroatoms. The van der Waals surface area contributed by atoms with Gasteiger partial charge in [-0.1, -0.05) is 6.07 Å². The largest absolute Gasteiger partial charge is 0.494 e. The first kappa shape index (κ1) is 22.2. The number of piperazine rings is 1. The third-order valence-corrected chi connectivity index (χ3v) is 3.58. The van der Waals surface area contributed by atoms with Gasteiger partial charge >= 0.3 is 6.18 Å². The van der Waals surface area contributed by atoms with Crippen LogP contribution in [-0.4, -0.2) is 44.4 Å². The maximum absolute atomic E-state index is 13.4. The smallest absolute Gasteiger partial charge is 0.390 e. The second-order valence-corrected chi connectivity index (χ2v) is 5.02. The molecule has 1 aliphatic rings. The van der Waals surface area contributed by atoms with E-state index in [1.807, 2.05) is 0 Å². The van der Waals surface area contributed by atoms with E-state index < -0.39 is 24.5 Å². The van der Waals surface area contributed by atoms with E-state index in [0.717, 1.165) is 6.07 Å². The summed E-state index contributed by atoms with van der Waals surface area (Å²) in [5.41, 5.74) is 0.424. The summed E-state index contributed by atoms with van der Waals surface area (Å²) in [4.78, 5) is 1.77. The molecular formula is C14H20Cl2F4N2O. The molecule has 1 aliphatic heterocycles. The van der Waals surface area contributed by atoms with Crippen molar-refractivity contribution >= 4 is 24.8 Å². The van der Waals surface area contributed by atoms with Crippen molar-refractivity contribution in [3.05, 3.63) is 29.6 Å². The van der Waals surface area contributed by atoms with Crippen LogP contribution in [-0.2, 0) is 0 Å². The summed E-state index contributed by atoms with van der Waals surface area (Å²) in [6, 6.07) is 3.09. The van der Waals surface area contributed by atoms with Crippen molar-refractivity contribution in [2.24, 2.45) is 0 Å². The van der Waals surface area contributed by atoms with Gasteiger partial charge in [-0.25, -0.2) is 4.39 Å². The summed E-state index contributed by atoms with van der Waals surface area (Å²) in [6.45, 7) is 2.35. The SMILES string of the molecule is COc1cc([C@@H](CC(F)(F)F)N2CCNCC2)ccc1F.Cl.Cl. The summed E-state index contributed by atoms with van der Waals surface area (Å²) < 4.78 is 56.9. The predicted octanol–water partition coefficient (Wildman–Crippen LogP) is 3.58. The van der Waals surface area contributed by atoms with Crippen LogP contribution in [0.1, 0.15) is 18.0 Å². The normalized spacial score (nSPS) is 16.9. The van der Waals surface area contributed by atoms with Crippen LogP contribution >= 0.6 is 24.8 Å². The minimum absolute atomic E-state index is 0. The van der Waals surface area contributed by atoms with Gasteiger partial charge in [0.05, 0.1) is 13.5 Å². The van der Waals surface area contributed by atoms with Crippen molar-refractivity contribution in [2.75, 3.05) is 33.3 Å². The third kappa shape index (κ3) is 6.33. The highest BCUT2D eigenvalue weighted by Crippen LogP contribution is 2.35. The number of hydrogen-bond acceptors (Lipinski definition) is 3. The van der Waals surface area contributed by atoms with Gasteiger partial charge in [0, 0.05) is 32.2 Å². The Balaban J connectivity index is 0.00000242. The topological polar surface area (TPSA) is 24.5 Å². The van der Waals surface area contributed by atoms with E-state index in [9.17, 15) is 17.6 Å². The standard InChI is InChI=1S/C14H18F4N2O.2ClH/c1-21-13-8-10(2-3-11(13)15)12(9-14(16,17)18)20-6-4-19-5-7-20;;/h2-3,8,12,19H,4-7,9H2,1H3;2*1H/t12-;;/m1../s1. The van der Waals surface area contributed by atoms with Gasteiger partial charge in [0.1, 0.15) is 0 Å². The summed E-state index contributed by atoms with van der Waals surface area (Å²) >= 11 is 0. The molecule has 1 atom stereocenters. The van der Waals surface area contributed by atoms with E-state index in [-0.39, 0.29) is 30.6 Å². The zero-order valence-corrected chi connectivity index (χ0v) is 14.2. The number of rotatable bonds is 4. The van der Waals surface area contributed by atoms with Gasteiger partial charge in [0.15, 0.2) is 11.6 Å². The predicted molar refractivity (Wildman–Crippen MR) is 85.3 cm³/mol. The molecule has 0 saturated carbocycles. The number of nitrogens with one attached hydrogen (secondary N) is 1. The summed E-state index contributed by atoms with van der Waals surface area (Å²) in [5.74, 6) is -0.609. The molecule has 0 spiro atoms. The van der Waals surface area contributed by atoms with E-state index in [1.54, 1.807) is 4.90 Å². The highest BCUT2D eigenvalue weighted by Gasteiger charge is 2.36. The number of alkyl halides is 3. The number of hydrogen-bond donors (Lipinski definition) is 1. The molecule has 1 heterocycles. The van der Waals surface area contributed by atoms with Crippen LogP contribution in [0.2, 0.25) is 0 Å². The molecule has 3 nitrogen and oxygen atoms in total. The first-order valence-electron chi connectivity index (χ1n) is 6.75. The van der Waals surface area contributed by atoms with Gasteiger partial charge < -0.3 is 10.1 Å². The van der Waals surface area contributed by atoms with Gasteiger partial charge in [0.25, 0.3) is 0 Å². The highest BCUT2D eigenvalue weighted by atomic mass is 35.5. The van der Waals surface area contributed by atoms with E-state index in [0.29, 0.717) is 31.7 Å². The number of nitrogens with zero attached hydrogens (tertiary/aromatic N) is 1. The lowest BCUT2D eigenvalue weighted by Crippen LogP contribution is -2.46. The molecule has 1 fully saturated rings. The van der Waals surface area contributed by atoms with E-state index in [2.05, 4.69) is 5.32 Å². The van der Waals surface area contributed by atoms with Gasteiger partial charge in [-0.2, -0.15) is 13.2 Å². The minimum atomic E-state index is -4.28. The first-order chi connectivity index (χ1) is 9.90. The Labute approximate surface area is 145 Å². The maximum Gasteiger partial charge on any atom is 0.390 e. The van der Waals surface area contributed by atoms with Crippen LogP contribution in [0.5, 0.6) is 5.75 Å². The number of methoxy groups -OCH3 is 1. The molecule has 0 amide bonds. The fraction of sp³-hybridized carbons (Fsp3) is 0.571. The first-order valence-corrected chi connectivity index (χ1v) is 6.75. The molecule has 0 bridgehead atoms. The van der Waals surface area contributed by atoms with E-state index in [4.69, 9.17) is 4.74 Å². The van der Waals surface area contributed by atoms with Gasteiger partial charge in [-0.3, -0.25) is 4.90 Å². The summed E-state index contributed by atoms with van der Waals surface area (Å²) in [7, 11) is 1.30. The molecule has 134 valence electrons. The molecule has 0 aliphatic carbocycles. The molecule has 1 N–H and O–H groups in total. The fourth-order valence-electron chi connectivity index (χ4n) is 2.55. The van der Waals surface area contributed by atoms with Crippen LogP contribution in [0.25, 0.3) is 0 Å². The maximum atomic E-state index is 13.4. The van der Waals surface area contributed by atoms with Crippen LogP contribution in [0.15, 0.2) is 18.2 Å². The molecule has 1 aromatic rings. The molecule has 1 aromatic carbocycles. The third-order valence-electron chi connectivity index (χ3n) is 3.58. The van der Waals surface area contributed by atoms with Crippen molar-refractivity contribution < 1.29 is 22.3 Å². The zero-order valence-electron chi connectivity index (χ0n) is 12.5. The quantitative estimate of drug-likeness (QED) is 0.810. The van der Waals surface area contributed by atoms with Gasteiger partial charge in [-0.05, 0) is 17.7 Å². The Morgan fingerprint density at radius 2 is 1.83 bits per heavy atom. The van der Waals surface area contributed by atoms with Gasteiger partial charge in [-0.15, -0.1) is 24.8 Å². The number of ether oxygens (including phenoxy) is 1. The van der Waals surface area contributed by atoms with Crippen molar-refractivity contribution in [1.82, 2.24) is 10.2 Å². The minimum Gasteiger partial charge on any atom is -0.494 e. The van der Waals surface area contributed by atoms with E-state index >= 15 is 0 Å². The van der Waals surface area contributed by atoms with Crippen LogP contribution < -0.4 is 10.1 Å². The molecule has 0 aromatic heterocycles. The van der Waals surface area contributed by atoms with Crippen molar-refractivity contribution in [3.63, 3.8) is 0 Å². The number of benzene rings is 1. The lowest BCUT2D eigenvalue weighted by molar-refractivity contribution is -0.148. The van der Waals surface area contributed by atoms with E-state index in [1.165, 1.54) is 19.2 Å². The molecular weight excluding hydrogens is 359 g/mol.